The molecule has 0 bridgehead atoms. The lowest BCUT2D eigenvalue weighted by molar-refractivity contribution is 0.0601. The molecule has 1 fully saturated rings. The standard InChI is InChI=1S/C19H14FN3O2S/c1-10-6-15-12(8-13(10)20)17(24)19(25)4-5-23(18(19)22-15)11-2-3-14-16(7-11)26-9-21-14/h2-3,6-9,25H,4-5H2,1H3. The molecule has 0 aliphatic carbocycles. The average Bonchev–Trinajstić information content (AvgIpc) is 3.22. The second-order valence-corrected chi connectivity index (χ2v) is 7.54. The molecule has 26 heavy (non-hydrogen) atoms. The normalized spacial score (nSPS) is 21.7. The number of halogens is 1. The van der Waals surface area contributed by atoms with Crippen molar-refractivity contribution in [3.8, 4) is 0 Å². The van der Waals surface area contributed by atoms with Crippen LogP contribution in [0, 0.1) is 12.7 Å². The zero-order valence-electron chi connectivity index (χ0n) is 13.9. The van der Waals surface area contributed by atoms with E-state index >= 15 is 0 Å². The van der Waals surface area contributed by atoms with Crippen LogP contribution in [0.2, 0.25) is 0 Å². The molecule has 1 aromatic heterocycles. The van der Waals surface area contributed by atoms with Gasteiger partial charge in [-0.25, -0.2) is 14.4 Å². The van der Waals surface area contributed by atoms with Gasteiger partial charge in [0.15, 0.2) is 5.60 Å². The predicted octanol–water partition coefficient (Wildman–Crippen LogP) is 3.61. The number of Topliss-reactive ketones (excluding diaryl/α,β-unsaturated/α-hetero) is 1. The monoisotopic (exact) mass is 367 g/mol. The highest BCUT2D eigenvalue weighted by Crippen LogP contribution is 2.40. The molecule has 1 atom stereocenters. The molecule has 5 rings (SSSR count). The summed E-state index contributed by atoms with van der Waals surface area (Å²) < 4.78 is 14.9. The summed E-state index contributed by atoms with van der Waals surface area (Å²) in [6.45, 7) is 2.09. The number of hydrogen-bond acceptors (Lipinski definition) is 6. The maximum atomic E-state index is 13.9. The van der Waals surface area contributed by atoms with Crippen molar-refractivity contribution in [1.29, 1.82) is 0 Å². The van der Waals surface area contributed by atoms with Gasteiger partial charge in [-0.05, 0) is 42.8 Å². The number of aryl methyl sites for hydroxylation is 1. The van der Waals surface area contributed by atoms with Gasteiger partial charge in [-0.1, -0.05) is 0 Å². The smallest absolute Gasteiger partial charge is 0.204 e. The largest absolute Gasteiger partial charge is 0.374 e. The summed E-state index contributed by atoms with van der Waals surface area (Å²) in [5.41, 5.74) is 2.79. The molecule has 1 unspecified atom stereocenters. The molecule has 2 aliphatic heterocycles. The fraction of sp³-hybridized carbons (Fsp3) is 0.211. The minimum absolute atomic E-state index is 0.138. The number of amidine groups is 1. The van der Waals surface area contributed by atoms with Crippen molar-refractivity contribution < 1.29 is 14.3 Å². The van der Waals surface area contributed by atoms with Crippen molar-refractivity contribution in [2.75, 3.05) is 11.4 Å². The van der Waals surface area contributed by atoms with Gasteiger partial charge in [-0.3, -0.25) is 4.79 Å². The molecule has 1 saturated heterocycles. The molecule has 2 aliphatic rings. The second-order valence-electron chi connectivity index (χ2n) is 6.65. The number of aromatic nitrogens is 1. The van der Waals surface area contributed by atoms with Crippen LogP contribution in [0.3, 0.4) is 0 Å². The highest BCUT2D eigenvalue weighted by atomic mass is 32.1. The van der Waals surface area contributed by atoms with Crippen LogP contribution in [0.15, 0.2) is 40.8 Å². The molecule has 7 heteroatoms. The summed E-state index contributed by atoms with van der Waals surface area (Å²) in [6.07, 6.45) is 0.223. The van der Waals surface area contributed by atoms with E-state index in [0.717, 1.165) is 15.9 Å². The number of anilines is 1. The first-order valence-corrected chi connectivity index (χ1v) is 9.12. The summed E-state index contributed by atoms with van der Waals surface area (Å²) in [7, 11) is 0. The first-order chi connectivity index (χ1) is 12.5. The molecule has 0 radical (unpaired) electrons. The lowest BCUT2D eigenvalue weighted by Gasteiger charge is -2.30. The fourth-order valence-electron chi connectivity index (χ4n) is 3.62. The van der Waals surface area contributed by atoms with Crippen LogP contribution in [0.4, 0.5) is 15.8 Å². The minimum atomic E-state index is -1.71. The fourth-order valence-corrected chi connectivity index (χ4v) is 4.33. The van der Waals surface area contributed by atoms with Crippen molar-refractivity contribution in [2.45, 2.75) is 18.9 Å². The first kappa shape index (κ1) is 15.6. The van der Waals surface area contributed by atoms with Crippen molar-refractivity contribution in [1.82, 2.24) is 4.98 Å². The first-order valence-electron chi connectivity index (χ1n) is 8.25. The summed E-state index contributed by atoms with van der Waals surface area (Å²) in [4.78, 5) is 23.6. The number of fused-ring (bicyclic) bond motifs is 3. The number of rotatable bonds is 1. The van der Waals surface area contributed by atoms with Crippen LogP contribution in [0.1, 0.15) is 22.3 Å². The summed E-state index contributed by atoms with van der Waals surface area (Å²) in [5.74, 6) is -0.646. The van der Waals surface area contributed by atoms with Gasteiger partial charge in [0.25, 0.3) is 0 Å². The van der Waals surface area contributed by atoms with Gasteiger partial charge >= 0.3 is 0 Å². The van der Waals surface area contributed by atoms with Gasteiger partial charge in [-0.2, -0.15) is 0 Å². The van der Waals surface area contributed by atoms with E-state index in [-0.39, 0.29) is 12.0 Å². The van der Waals surface area contributed by atoms with E-state index in [2.05, 4.69) is 9.98 Å². The Morgan fingerprint density at radius 1 is 1.31 bits per heavy atom. The topological polar surface area (TPSA) is 65.8 Å². The lowest BCUT2D eigenvalue weighted by atomic mass is 9.87. The van der Waals surface area contributed by atoms with Gasteiger partial charge in [0.05, 0.1) is 21.4 Å². The molecule has 0 spiro atoms. The second kappa shape index (κ2) is 5.18. The van der Waals surface area contributed by atoms with Crippen molar-refractivity contribution in [3.63, 3.8) is 0 Å². The minimum Gasteiger partial charge on any atom is -0.374 e. The zero-order valence-corrected chi connectivity index (χ0v) is 14.7. The van der Waals surface area contributed by atoms with Crippen LogP contribution >= 0.6 is 11.3 Å². The number of aliphatic hydroxyl groups is 1. The molecule has 5 nitrogen and oxygen atoms in total. The highest BCUT2D eigenvalue weighted by Gasteiger charge is 2.52. The number of ketones is 1. The van der Waals surface area contributed by atoms with E-state index in [1.54, 1.807) is 18.5 Å². The van der Waals surface area contributed by atoms with E-state index < -0.39 is 17.2 Å². The Morgan fingerprint density at radius 3 is 3.00 bits per heavy atom. The van der Waals surface area contributed by atoms with Crippen LogP contribution in [0.5, 0.6) is 0 Å². The molecular weight excluding hydrogens is 353 g/mol. The van der Waals surface area contributed by atoms with E-state index in [0.29, 0.717) is 23.6 Å². The molecular formula is C19H14FN3O2S. The Hall–Kier alpha value is -2.64. The quantitative estimate of drug-likeness (QED) is 0.714. The average molecular weight is 367 g/mol. The van der Waals surface area contributed by atoms with Gasteiger partial charge in [-0.15, -0.1) is 11.3 Å². The molecule has 0 saturated carbocycles. The number of aliphatic imine (C=N–C) groups is 1. The van der Waals surface area contributed by atoms with Gasteiger partial charge in [0.1, 0.15) is 11.7 Å². The number of thiazole rings is 1. The van der Waals surface area contributed by atoms with E-state index in [1.807, 2.05) is 23.1 Å². The van der Waals surface area contributed by atoms with Crippen molar-refractivity contribution >= 4 is 44.5 Å². The number of benzene rings is 2. The molecule has 3 aromatic rings. The molecule has 0 amide bonds. The zero-order chi connectivity index (χ0) is 18.1. The number of carbonyl (C=O) groups excluding carboxylic acids is 1. The van der Waals surface area contributed by atoms with Crippen molar-refractivity contribution in [3.05, 3.63) is 52.8 Å². The SMILES string of the molecule is Cc1cc2c(cc1F)C(=O)C1(O)CCN(c3ccc4ncsc4c3)C1=N2. The van der Waals surface area contributed by atoms with E-state index in [9.17, 15) is 14.3 Å². The van der Waals surface area contributed by atoms with Crippen LogP contribution in [-0.2, 0) is 0 Å². The molecule has 1 N–H and O–H groups in total. The Labute approximate surface area is 152 Å². The van der Waals surface area contributed by atoms with Crippen LogP contribution in [-0.4, -0.2) is 33.9 Å². The van der Waals surface area contributed by atoms with Gasteiger partial charge in [0, 0.05) is 24.2 Å². The lowest BCUT2D eigenvalue weighted by Crippen LogP contribution is -2.48. The Morgan fingerprint density at radius 2 is 2.15 bits per heavy atom. The Bertz CT molecular complexity index is 1120. The predicted molar refractivity (Wildman–Crippen MR) is 99.1 cm³/mol. The van der Waals surface area contributed by atoms with Crippen LogP contribution in [0.25, 0.3) is 10.2 Å². The summed E-state index contributed by atoms with van der Waals surface area (Å²) in [6, 6.07) is 8.54. The van der Waals surface area contributed by atoms with Gasteiger partial charge < -0.3 is 10.0 Å². The third-order valence-electron chi connectivity index (χ3n) is 5.07. The van der Waals surface area contributed by atoms with Crippen molar-refractivity contribution in [2.24, 2.45) is 4.99 Å². The third-order valence-corrected chi connectivity index (χ3v) is 5.86. The Kier molecular flexibility index (Phi) is 3.11. The summed E-state index contributed by atoms with van der Waals surface area (Å²) in [5, 5.41) is 11.0. The Balaban J connectivity index is 1.67. The molecule has 2 aromatic carbocycles. The molecule has 130 valence electrons. The summed E-state index contributed by atoms with van der Waals surface area (Å²) >= 11 is 1.53. The number of hydrogen-bond donors (Lipinski definition) is 1. The van der Waals surface area contributed by atoms with E-state index in [1.165, 1.54) is 17.4 Å². The maximum Gasteiger partial charge on any atom is 0.204 e. The van der Waals surface area contributed by atoms with Gasteiger partial charge in [0.2, 0.25) is 5.78 Å². The number of nitrogens with zero attached hydrogens (tertiary/aromatic N) is 3. The number of carbonyl (C=O) groups is 1. The third kappa shape index (κ3) is 2.01. The molecule has 3 heterocycles. The maximum absolute atomic E-state index is 13.9. The van der Waals surface area contributed by atoms with E-state index in [4.69, 9.17) is 0 Å². The van der Waals surface area contributed by atoms with Crippen LogP contribution < -0.4 is 4.90 Å². The highest BCUT2D eigenvalue weighted by molar-refractivity contribution is 7.16.